The molecule has 17 heavy (non-hydrogen) atoms. The van der Waals surface area contributed by atoms with Crippen molar-refractivity contribution in [3.8, 4) is 0 Å². The highest BCUT2D eigenvalue weighted by Gasteiger charge is 2.16. The molecule has 0 nitrogen and oxygen atoms in total. The third-order valence-electron chi connectivity index (χ3n) is 3.28. The van der Waals surface area contributed by atoms with Crippen LogP contribution in [0, 0.1) is 0 Å². The van der Waals surface area contributed by atoms with Gasteiger partial charge in [-0.15, -0.1) is 0 Å². The standard InChI is InChI=1S/C15H10.C2H6/c1-2-4-11-6-13-8-15-9-14(15)7-12(13)5-10(11)3-1;1-2/h1-8H,9H2;1-2H3. The van der Waals surface area contributed by atoms with Crippen molar-refractivity contribution in [2.75, 3.05) is 0 Å². The zero-order valence-electron chi connectivity index (χ0n) is 10.3. The molecule has 0 heterocycles. The van der Waals surface area contributed by atoms with Crippen LogP contribution in [-0.4, -0.2) is 0 Å². The minimum absolute atomic E-state index is 1.20. The molecule has 0 aromatic heterocycles. The molecule has 84 valence electrons. The van der Waals surface area contributed by atoms with Crippen LogP contribution in [0.1, 0.15) is 25.0 Å². The topological polar surface area (TPSA) is 0 Å². The number of hydrogen-bond acceptors (Lipinski definition) is 0. The molecule has 0 aliphatic heterocycles. The summed E-state index contributed by atoms with van der Waals surface area (Å²) in [5.41, 5.74) is 3.05. The molecule has 0 heteroatoms. The van der Waals surface area contributed by atoms with Crippen molar-refractivity contribution >= 4 is 21.5 Å². The lowest BCUT2D eigenvalue weighted by Crippen LogP contribution is -1.74. The predicted molar refractivity (Wildman–Crippen MR) is 75.6 cm³/mol. The summed E-state index contributed by atoms with van der Waals surface area (Å²) in [6.45, 7) is 4.00. The first-order chi connectivity index (χ1) is 8.40. The smallest absolute Gasteiger partial charge is 0.00196 e. The van der Waals surface area contributed by atoms with Gasteiger partial charge in [0.1, 0.15) is 0 Å². The Morgan fingerprint density at radius 3 is 1.59 bits per heavy atom. The highest BCUT2D eigenvalue weighted by atomic mass is 14.2. The zero-order valence-corrected chi connectivity index (χ0v) is 10.3. The molecule has 0 saturated heterocycles. The van der Waals surface area contributed by atoms with Crippen LogP contribution in [0.25, 0.3) is 21.5 Å². The van der Waals surface area contributed by atoms with E-state index in [-0.39, 0.29) is 0 Å². The quantitative estimate of drug-likeness (QED) is 0.369. The summed E-state index contributed by atoms with van der Waals surface area (Å²) in [4.78, 5) is 0. The third kappa shape index (κ3) is 1.70. The van der Waals surface area contributed by atoms with Crippen LogP contribution < -0.4 is 0 Å². The summed E-state index contributed by atoms with van der Waals surface area (Å²) in [6.07, 6.45) is 1.20. The van der Waals surface area contributed by atoms with Crippen LogP contribution in [0.2, 0.25) is 0 Å². The molecule has 0 amide bonds. The first-order valence-electron chi connectivity index (χ1n) is 6.34. The number of hydrogen-bond donors (Lipinski definition) is 0. The van der Waals surface area contributed by atoms with E-state index in [2.05, 4.69) is 48.5 Å². The highest BCUT2D eigenvalue weighted by Crippen LogP contribution is 2.34. The van der Waals surface area contributed by atoms with Crippen LogP contribution in [0.15, 0.2) is 48.5 Å². The van der Waals surface area contributed by atoms with Gasteiger partial charge in [-0.1, -0.05) is 50.2 Å². The summed E-state index contributed by atoms with van der Waals surface area (Å²) in [7, 11) is 0. The fraction of sp³-hybridized carbons (Fsp3) is 0.176. The molecule has 0 atom stereocenters. The summed E-state index contributed by atoms with van der Waals surface area (Å²) in [5.74, 6) is 0. The van der Waals surface area contributed by atoms with Gasteiger partial charge in [-0.25, -0.2) is 0 Å². The maximum absolute atomic E-state index is 2.33. The molecular formula is C17H16. The molecule has 0 N–H and O–H groups in total. The predicted octanol–water partition coefficient (Wildman–Crippen LogP) is 4.92. The first kappa shape index (κ1) is 10.3. The van der Waals surface area contributed by atoms with Gasteiger partial charge >= 0.3 is 0 Å². The second-order valence-corrected chi connectivity index (χ2v) is 4.34. The molecule has 0 fully saturated rings. The van der Waals surface area contributed by atoms with Gasteiger partial charge in [0.25, 0.3) is 0 Å². The summed E-state index contributed by atoms with van der Waals surface area (Å²) in [6, 6.07) is 17.8. The third-order valence-corrected chi connectivity index (χ3v) is 3.28. The lowest BCUT2D eigenvalue weighted by Gasteiger charge is -2.00. The maximum atomic E-state index is 2.33. The normalized spacial score (nSPS) is 11.9. The van der Waals surface area contributed by atoms with Crippen LogP contribution in [0.4, 0.5) is 0 Å². The van der Waals surface area contributed by atoms with E-state index in [4.69, 9.17) is 0 Å². The van der Waals surface area contributed by atoms with Gasteiger partial charge in [-0.2, -0.15) is 0 Å². The minimum atomic E-state index is 1.20. The van der Waals surface area contributed by atoms with Crippen LogP contribution in [0.3, 0.4) is 0 Å². The lowest BCUT2D eigenvalue weighted by molar-refractivity contribution is 1.50. The summed E-state index contributed by atoms with van der Waals surface area (Å²) in [5, 5.41) is 5.44. The molecule has 0 saturated carbocycles. The Kier molecular flexibility index (Phi) is 2.36. The van der Waals surface area contributed by atoms with Crippen molar-refractivity contribution in [3.05, 3.63) is 59.7 Å². The second kappa shape index (κ2) is 3.89. The average Bonchev–Trinajstić information content (AvgIpc) is 3.13. The molecule has 1 aliphatic rings. The Bertz CT molecular complexity index is 633. The monoisotopic (exact) mass is 220 g/mol. The van der Waals surface area contributed by atoms with Gasteiger partial charge in [-0.3, -0.25) is 0 Å². The molecule has 0 spiro atoms. The minimum Gasteiger partial charge on any atom is -0.0683 e. The molecule has 0 unspecified atom stereocenters. The van der Waals surface area contributed by atoms with Crippen molar-refractivity contribution in [2.45, 2.75) is 20.3 Å². The van der Waals surface area contributed by atoms with Gasteiger partial charge in [-0.05, 0) is 51.2 Å². The Balaban J connectivity index is 0.000000431. The fourth-order valence-electron chi connectivity index (χ4n) is 2.35. The van der Waals surface area contributed by atoms with E-state index in [0.29, 0.717) is 0 Å². The Hall–Kier alpha value is -1.82. The Morgan fingerprint density at radius 2 is 1.12 bits per heavy atom. The zero-order chi connectivity index (χ0) is 11.8. The van der Waals surface area contributed by atoms with Gasteiger partial charge in [0.2, 0.25) is 0 Å². The number of rotatable bonds is 0. The van der Waals surface area contributed by atoms with Crippen LogP contribution in [0.5, 0.6) is 0 Å². The van der Waals surface area contributed by atoms with Crippen molar-refractivity contribution < 1.29 is 0 Å². The van der Waals surface area contributed by atoms with Gasteiger partial charge in [0.05, 0.1) is 0 Å². The van der Waals surface area contributed by atoms with Crippen LogP contribution in [-0.2, 0) is 6.42 Å². The molecule has 3 aromatic carbocycles. The molecule has 1 aliphatic carbocycles. The molecular weight excluding hydrogens is 204 g/mol. The SMILES string of the molecule is CC.c1ccc2cc3cc4c(cc3cc2c1)C4. The molecule has 0 radical (unpaired) electrons. The van der Waals surface area contributed by atoms with E-state index in [1.165, 1.54) is 39.1 Å². The average molecular weight is 220 g/mol. The van der Waals surface area contributed by atoms with E-state index in [0.717, 1.165) is 0 Å². The maximum Gasteiger partial charge on any atom is -0.00196 e. The van der Waals surface area contributed by atoms with E-state index in [9.17, 15) is 0 Å². The van der Waals surface area contributed by atoms with E-state index in [1.807, 2.05) is 13.8 Å². The summed E-state index contributed by atoms with van der Waals surface area (Å²) < 4.78 is 0. The Morgan fingerprint density at radius 1 is 0.647 bits per heavy atom. The lowest BCUT2D eigenvalue weighted by atomic mass is 10.0. The largest absolute Gasteiger partial charge is 0.0683 e. The highest BCUT2D eigenvalue weighted by molar-refractivity contribution is 5.99. The van der Waals surface area contributed by atoms with E-state index >= 15 is 0 Å². The molecule has 3 aromatic rings. The van der Waals surface area contributed by atoms with Crippen molar-refractivity contribution in [2.24, 2.45) is 0 Å². The fourth-order valence-corrected chi connectivity index (χ4v) is 2.35. The molecule has 4 rings (SSSR count). The van der Waals surface area contributed by atoms with Crippen molar-refractivity contribution in [1.29, 1.82) is 0 Å². The second-order valence-electron chi connectivity index (χ2n) is 4.34. The van der Waals surface area contributed by atoms with Crippen molar-refractivity contribution in [1.82, 2.24) is 0 Å². The van der Waals surface area contributed by atoms with Gasteiger partial charge in [0, 0.05) is 0 Å². The van der Waals surface area contributed by atoms with Gasteiger partial charge in [0.15, 0.2) is 0 Å². The number of benzene rings is 3. The Labute approximate surface area is 102 Å². The van der Waals surface area contributed by atoms with Gasteiger partial charge < -0.3 is 0 Å². The van der Waals surface area contributed by atoms with E-state index in [1.54, 1.807) is 0 Å². The molecule has 0 bridgehead atoms. The first-order valence-corrected chi connectivity index (χ1v) is 6.34. The summed E-state index contributed by atoms with van der Waals surface area (Å²) >= 11 is 0. The van der Waals surface area contributed by atoms with E-state index < -0.39 is 0 Å². The number of fused-ring (bicyclic) bond motifs is 3. The van der Waals surface area contributed by atoms with Crippen LogP contribution >= 0.6 is 0 Å². The van der Waals surface area contributed by atoms with Crippen molar-refractivity contribution in [3.63, 3.8) is 0 Å².